The molecular weight excluding hydrogens is 264 g/mol. The van der Waals surface area contributed by atoms with Crippen molar-refractivity contribution in [3.8, 4) is 5.75 Å². The molecule has 2 atom stereocenters. The topological polar surface area (TPSA) is 64.3 Å². The Hall–Kier alpha value is -1.55. The Bertz CT molecular complexity index is 474. The Balaban J connectivity index is 1.95. The van der Waals surface area contributed by atoms with Gasteiger partial charge in [-0.3, -0.25) is 4.79 Å². The number of carbonyl (C=O) groups excluding carboxylic acids is 1. The summed E-state index contributed by atoms with van der Waals surface area (Å²) in [5.74, 6) is 1.22. The number of benzene rings is 1. The van der Waals surface area contributed by atoms with E-state index in [1.54, 1.807) is 0 Å². The van der Waals surface area contributed by atoms with E-state index in [4.69, 9.17) is 10.5 Å². The third-order valence-corrected chi connectivity index (χ3v) is 3.84. The zero-order chi connectivity index (χ0) is 15.2. The van der Waals surface area contributed by atoms with Crippen molar-refractivity contribution in [3.05, 3.63) is 24.3 Å². The van der Waals surface area contributed by atoms with Crippen LogP contribution in [0.5, 0.6) is 5.75 Å². The number of hydrogen-bond acceptors (Lipinski definition) is 3. The van der Waals surface area contributed by atoms with Crippen molar-refractivity contribution >= 4 is 11.6 Å². The maximum Gasteiger partial charge on any atom is 0.229 e. The van der Waals surface area contributed by atoms with Gasteiger partial charge in [-0.25, -0.2) is 0 Å². The van der Waals surface area contributed by atoms with Crippen LogP contribution in [0.1, 0.15) is 39.5 Å². The Morgan fingerprint density at radius 1 is 1.38 bits per heavy atom. The first-order valence-corrected chi connectivity index (χ1v) is 7.85. The first-order valence-electron chi connectivity index (χ1n) is 7.85. The fourth-order valence-corrected chi connectivity index (χ4v) is 2.65. The fourth-order valence-electron chi connectivity index (χ4n) is 2.65. The molecule has 4 nitrogen and oxygen atoms in total. The molecule has 0 spiro atoms. The Kier molecular flexibility index (Phi) is 5.62. The number of nitrogens with one attached hydrogen (secondary N) is 1. The summed E-state index contributed by atoms with van der Waals surface area (Å²) < 4.78 is 5.68. The lowest BCUT2D eigenvalue weighted by Crippen LogP contribution is -2.40. The number of amides is 1. The number of rotatable bonds is 5. The number of anilines is 1. The summed E-state index contributed by atoms with van der Waals surface area (Å²) in [6.07, 6.45) is 4.04. The highest BCUT2D eigenvalue weighted by Gasteiger charge is 2.28. The largest absolute Gasteiger partial charge is 0.493 e. The van der Waals surface area contributed by atoms with E-state index in [-0.39, 0.29) is 17.9 Å². The lowest BCUT2D eigenvalue weighted by Gasteiger charge is -2.27. The van der Waals surface area contributed by atoms with E-state index in [0.29, 0.717) is 12.5 Å². The first-order chi connectivity index (χ1) is 10.1. The summed E-state index contributed by atoms with van der Waals surface area (Å²) >= 11 is 0. The van der Waals surface area contributed by atoms with E-state index in [9.17, 15) is 4.79 Å². The van der Waals surface area contributed by atoms with Gasteiger partial charge in [0, 0.05) is 17.8 Å². The molecule has 1 fully saturated rings. The molecule has 3 N–H and O–H groups in total. The maximum absolute atomic E-state index is 12.3. The van der Waals surface area contributed by atoms with Crippen LogP contribution in [0.4, 0.5) is 5.69 Å². The zero-order valence-corrected chi connectivity index (χ0v) is 13.0. The van der Waals surface area contributed by atoms with Crippen molar-refractivity contribution in [2.24, 2.45) is 17.6 Å². The lowest BCUT2D eigenvalue weighted by molar-refractivity contribution is -0.121. The van der Waals surface area contributed by atoms with Crippen molar-refractivity contribution in [3.63, 3.8) is 0 Å². The van der Waals surface area contributed by atoms with Crippen LogP contribution in [-0.2, 0) is 4.79 Å². The molecule has 1 amide bonds. The van der Waals surface area contributed by atoms with Gasteiger partial charge >= 0.3 is 0 Å². The van der Waals surface area contributed by atoms with E-state index in [2.05, 4.69) is 19.2 Å². The quantitative estimate of drug-likeness (QED) is 0.875. The van der Waals surface area contributed by atoms with Gasteiger partial charge in [-0.1, -0.05) is 32.8 Å². The molecule has 1 aromatic rings. The molecule has 0 radical (unpaired) electrons. The summed E-state index contributed by atoms with van der Waals surface area (Å²) in [6, 6.07) is 7.54. The average molecular weight is 290 g/mol. The molecular formula is C17H26N2O2. The molecule has 116 valence electrons. The molecule has 1 saturated carbocycles. The molecule has 0 bridgehead atoms. The SMILES string of the molecule is CC(C)COc1cccc(NC(=O)C2CCCCC2N)c1. The van der Waals surface area contributed by atoms with Crippen LogP contribution in [0.15, 0.2) is 24.3 Å². The second kappa shape index (κ2) is 7.46. The summed E-state index contributed by atoms with van der Waals surface area (Å²) in [5.41, 5.74) is 6.84. The first kappa shape index (κ1) is 15.8. The number of carbonyl (C=O) groups is 1. The van der Waals surface area contributed by atoms with Gasteiger partial charge in [-0.2, -0.15) is 0 Å². The van der Waals surface area contributed by atoms with Crippen molar-refractivity contribution < 1.29 is 9.53 Å². The monoisotopic (exact) mass is 290 g/mol. The second-order valence-electron chi connectivity index (χ2n) is 6.28. The van der Waals surface area contributed by atoms with Crippen molar-refractivity contribution in [2.75, 3.05) is 11.9 Å². The van der Waals surface area contributed by atoms with Gasteiger partial charge in [0.25, 0.3) is 0 Å². The molecule has 1 aliphatic carbocycles. The highest BCUT2D eigenvalue weighted by molar-refractivity contribution is 5.93. The molecule has 2 rings (SSSR count). The summed E-state index contributed by atoms with van der Waals surface area (Å²) in [6.45, 7) is 4.89. The van der Waals surface area contributed by atoms with E-state index in [1.165, 1.54) is 0 Å². The van der Waals surface area contributed by atoms with Gasteiger partial charge in [0.05, 0.1) is 12.5 Å². The smallest absolute Gasteiger partial charge is 0.229 e. The average Bonchev–Trinajstić information content (AvgIpc) is 2.46. The Morgan fingerprint density at radius 3 is 2.86 bits per heavy atom. The van der Waals surface area contributed by atoms with Crippen LogP contribution in [0.2, 0.25) is 0 Å². The van der Waals surface area contributed by atoms with Gasteiger partial charge < -0.3 is 15.8 Å². The minimum Gasteiger partial charge on any atom is -0.493 e. The van der Waals surface area contributed by atoms with Gasteiger partial charge in [-0.15, -0.1) is 0 Å². The van der Waals surface area contributed by atoms with E-state index in [0.717, 1.165) is 37.1 Å². The maximum atomic E-state index is 12.3. The van der Waals surface area contributed by atoms with Crippen LogP contribution >= 0.6 is 0 Å². The van der Waals surface area contributed by atoms with Gasteiger partial charge in [0.1, 0.15) is 5.75 Å². The number of hydrogen-bond donors (Lipinski definition) is 2. The van der Waals surface area contributed by atoms with Crippen molar-refractivity contribution in [1.29, 1.82) is 0 Å². The molecule has 2 unspecified atom stereocenters. The van der Waals surface area contributed by atoms with Crippen LogP contribution in [-0.4, -0.2) is 18.6 Å². The summed E-state index contributed by atoms with van der Waals surface area (Å²) in [4.78, 5) is 12.3. The van der Waals surface area contributed by atoms with Gasteiger partial charge in [-0.05, 0) is 30.9 Å². The second-order valence-corrected chi connectivity index (χ2v) is 6.28. The van der Waals surface area contributed by atoms with Gasteiger partial charge in [0.15, 0.2) is 0 Å². The van der Waals surface area contributed by atoms with Gasteiger partial charge in [0.2, 0.25) is 5.91 Å². The molecule has 21 heavy (non-hydrogen) atoms. The van der Waals surface area contributed by atoms with Crippen molar-refractivity contribution in [1.82, 2.24) is 0 Å². The van der Waals surface area contributed by atoms with E-state index in [1.807, 2.05) is 24.3 Å². The number of nitrogens with two attached hydrogens (primary N) is 1. The standard InChI is InChI=1S/C17H26N2O2/c1-12(2)11-21-14-7-5-6-13(10-14)19-17(20)15-8-3-4-9-16(15)18/h5-7,10,12,15-16H,3-4,8-9,11,18H2,1-2H3,(H,19,20). The van der Waals surface area contributed by atoms with Crippen LogP contribution in [0.3, 0.4) is 0 Å². The van der Waals surface area contributed by atoms with E-state index >= 15 is 0 Å². The highest BCUT2D eigenvalue weighted by Crippen LogP contribution is 2.25. The zero-order valence-electron chi connectivity index (χ0n) is 13.0. The van der Waals surface area contributed by atoms with Crippen LogP contribution in [0, 0.1) is 11.8 Å². The van der Waals surface area contributed by atoms with Crippen LogP contribution in [0.25, 0.3) is 0 Å². The summed E-state index contributed by atoms with van der Waals surface area (Å²) in [7, 11) is 0. The predicted molar refractivity (Wildman–Crippen MR) is 85.3 cm³/mol. The third kappa shape index (κ3) is 4.74. The molecule has 1 aromatic carbocycles. The predicted octanol–water partition coefficient (Wildman–Crippen LogP) is 3.18. The summed E-state index contributed by atoms with van der Waals surface area (Å²) in [5, 5.41) is 2.97. The van der Waals surface area contributed by atoms with Crippen molar-refractivity contribution in [2.45, 2.75) is 45.6 Å². The Morgan fingerprint density at radius 2 is 2.14 bits per heavy atom. The fraction of sp³-hybridized carbons (Fsp3) is 0.588. The molecule has 0 aliphatic heterocycles. The normalized spacial score (nSPS) is 22.1. The third-order valence-electron chi connectivity index (χ3n) is 3.84. The van der Waals surface area contributed by atoms with Crippen LogP contribution < -0.4 is 15.8 Å². The van der Waals surface area contributed by atoms with E-state index < -0.39 is 0 Å². The molecule has 0 saturated heterocycles. The Labute approximate surface area is 127 Å². The molecule has 1 aliphatic rings. The number of ether oxygens (including phenoxy) is 1. The molecule has 0 heterocycles. The molecule has 0 aromatic heterocycles. The highest BCUT2D eigenvalue weighted by atomic mass is 16.5. The minimum absolute atomic E-state index is 0.0147. The lowest BCUT2D eigenvalue weighted by atomic mass is 9.84. The minimum atomic E-state index is -0.0704. The molecule has 4 heteroatoms.